The van der Waals surface area contributed by atoms with Crippen molar-refractivity contribution >= 4 is 11.7 Å². The first-order chi connectivity index (χ1) is 10.1. The van der Waals surface area contributed by atoms with E-state index < -0.39 is 5.97 Å². The van der Waals surface area contributed by atoms with Crippen LogP contribution >= 0.6 is 0 Å². The van der Waals surface area contributed by atoms with E-state index in [-0.39, 0.29) is 12.5 Å². The number of para-hydroxylation sites is 1. The second-order valence-electron chi connectivity index (χ2n) is 4.92. The molecule has 2 aromatic carbocycles. The summed E-state index contributed by atoms with van der Waals surface area (Å²) in [5.74, 6) is 0.759. The van der Waals surface area contributed by atoms with Gasteiger partial charge in [0.15, 0.2) is 0 Å². The lowest BCUT2D eigenvalue weighted by molar-refractivity contribution is -0.137. The Morgan fingerprint density at radius 3 is 2.57 bits per heavy atom. The van der Waals surface area contributed by atoms with Crippen molar-refractivity contribution < 1.29 is 14.6 Å². The van der Waals surface area contributed by atoms with Crippen LogP contribution in [0.2, 0.25) is 0 Å². The number of carboxylic acids is 1. The molecule has 0 bridgehead atoms. The maximum atomic E-state index is 10.6. The van der Waals surface area contributed by atoms with Crippen LogP contribution < -0.4 is 10.1 Å². The van der Waals surface area contributed by atoms with Crippen LogP contribution in [0.15, 0.2) is 54.6 Å². The molecule has 1 atom stereocenters. The topological polar surface area (TPSA) is 58.6 Å². The summed E-state index contributed by atoms with van der Waals surface area (Å²) in [5, 5.41) is 12.0. The zero-order chi connectivity index (χ0) is 15.1. The minimum absolute atomic E-state index is 0.0908. The molecule has 0 aromatic heterocycles. The van der Waals surface area contributed by atoms with Crippen LogP contribution in [0.1, 0.15) is 19.8 Å². The first kappa shape index (κ1) is 14.9. The summed E-state index contributed by atoms with van der Waals surface area (Å²) in [7, 11) is 0. The molecule has 4 heteroatoms. The Hall–Kier alpha value is -2.49. The number of anilines is 1. The monoisotopic (exact) mass is 285 g/mol. The van der Waals surface area contributed by atoms with Gasteiger partial charge in [-0.3, -0.25) is 4.79 Å². The summed E-state index contributed by atoms with van der Waals surface area (Å²) in [6.07, 6.45) is 0.744. The average molecular weight is 285 g/mol. The SMILES string of the molecule is CC(CCC(=O)O)Nc1cccc(Oc2ccccc2)c1. The molecule has 0 heterocycles. The standard InChI is InChI=1S/C17H19NO3/c1-13(10-11-17(19)20)18-14-6-5-9-16(12-14)21-15-7-3-2-4-8-15/h2-9,12-13,18H,10-11H2,1H3,(H,19,20). The van der Waals surface area contributed by atoms with Gasteiger partial charge in [0.05, 0.1) is 0 Å². The molecule has 0 saturated heterocycles. The zero-order valence-corrected chi connectivity index (χ0v) is 12.0. The van der Waals surface area contributed by atoms with E-state index in [1.165, 1.54) is 0 Å². The number of rotatable bonds is 7. The number of hydrogen-bond donors (Lipinski definition) is 2. The van der Waals surface area contributed by atoms with E-state index in [1.54, 1.807) is 0 Å². The Balaban J connectivity index is 1.96. The summed E-state index contributed by atoms with van der Waals surface area (Å²) in [4.78, 5) is 10.6. The molecule has 0 aliphatic rings. The molecule has 21 heavy (non-hydrogen) atoms. The van der Waals surface area contributed by atoms with Gasteiger partial charge in [-0.15, -0.1) is 0 Å². The van der Waals surface area contributed by atoms with E-state index >= 15 is 0 Å². The van der Waals surface area contributed by atoms with Gasteiger partial charge < -0.3 is 15.2 Å². The number of carboxylic acid groups (broad SMARTS) is 1. The first-order valence-electron chi connectivity index (χ1n) is 6.95. The lowest BCUT2D eigenvalue weighted by atomic mass is 10.1. The predicted octanol–water partition coefficient (Wildman–Crippen LogP) is 4.14. The Morgan fingerprint density at radius 2 is 1.86 bits per heavy atom. The van der Waals surface area contributed by atoms with E-state index in [9.17, 15) is 4.79 Å². The van der Waals surface area contributed by atoms with Crippen molar-refractivity contribution in [3.05, 3.63) is 54.6 Å². The maximum absolute atomic E-state index is 10.6. The second kappa shape index (κ2) is 7.33. The molecule has 0 spiro atoms. The van der Waals surface area contributed by atoms with Crippen molar-refractivity contribution in [2.45, 2.75) is 25.8 Å². The van der Waals surface area contributed by atoms with E-state index in [1.807, 2.05) is 61.5 Å². The van der Waals surface area contributed by atoms with E-state index in [2.05, 4.69) is 5.32 Å². The molecule has 0 aliphatic carbocycles. The quantitative estimate of drug-likeness (QED) is 0.802. The lowest BCUT2D eigenvalue weighted by Crippen LogP contribution is -2.16. The van der Waals surface area contributed by atoms with Crippen LogP contribution in [0, 0.1) is 0 Å². The molecule has 110 valence electrons. The normalized spacial score (nSPS) is 11.7. The molecule has 1 unspecified atom stereocenters. The fraction of sp³-hybridized carbons (Fsp3) is 0.235. The van der Waals surface area contributed by atoms with E-state index in [0.29, 0.717) is 6.42 Å². The molecular formula is C17H19NO3. The minimum Gasteiger partial charge on any atom is -0.481 e. The maximum Gasteiger partial charge on any atom is 0.303 e. The number of carbonyl (C=O) groups is 1. The smallest absolute Gasteiger partial charge is 0.303 e. The van der Waals surface area contributed by atoms with Gasteiger partial charge in [0.1, 0.15) is 11.5 Å². The lowest BCUT2D eigenvalue weighted by Gasteiger charge is -2.15. The average Bonchev–Trinajstić information content (AvgIpc) is 2.46. The number of nitrogens with one attached hydrogen (secondary N) is 1. The van der Waals surface area contributed by atoms with Crippen LogP contribution in [-0.2, 0) is 4.79 Å². The molecule has 0 saturated carbocycles. The van der Waals surface area contributed by atoms with E-state index in [0.717, 1.165) is 17.2 Å². The third kappa shape index (κ3) is 5.18. The third-order valence-electron chi connectivity index (χ3n) is 3.02. The van der Waals surface area contributed by atoms with Crippen LogP contribution in [0.25, 0.3) is 0 Å². The van der Waals surface area contributed by atoms with Crippen LogP contribution in [0.5, 0.6) is 11.5 Å². The Labute approximate surface area is 124 Å². The molecule has 0 radical (unpaired) electrons. The van der Waals surface area contributed by atoms with Gasteiger partial charge in [0.2, 0.25) is 0 Å². The highest BCUT2D eigenvalue weighted by Gasteiger charge is 2.06. The highest BCUT2D eigenvalue weighted by molar-refractivity contribution is 5.66. The third-order valence-corrected chi connectivity index (χ3v) is 3.02. The molecule has 2 N–H and O–H groups in total. The minimum atomic E-state index is -0.773. The molecule has 2 rings (SSSR count). The summed E-state index contributed by atoms with van der Waals surface area (Å²) in [6, 6.07) is 17.3. The summed E-state index contributed by atoms with van der Waals surface area (Å²) >= 11 is 0. The highest BCUT2D eigenvalue weighted by Crippen LogP contribution is 2.24. The highest BCUT2D eigenvalue weighted by atomic mass is 16.5. The Kier molecular flexibility index (Phi) is 5.21. The molecule has 0 aliphatic heterocycles. The largest absolute Gasteiger partial charge is 0.481 e. The molecule has 0 amide bonds. The molecular weight excluding hydrogens is 266 g/mol. The van der Waals surface area contributed by atoms with Gasteiger partial charge in [-0.25, -0.2) is 0 Å². The second-order valence-corrected chi connectivity index (χ2v) is 4.92. The van der Waals surface area contributed by atoms with Crippen LogP contribution in [-0.4, -0.2) is 17.1 Å². The van der Waals surface area contributed by atoms with Crippen molar-refractivity contribution in [3.63, 3.8) is 0 Å². The number of ether oxygens (including phenoxy) is 1. The molecule has 0 fully saturated rings. The zero-order valence-electron chi connectivity index (χ0n) is 12.0. The Bertz CT molecular complexity index is 584. The van der Waals surface area contributed by atoms with Gasteiger partial charge in [0.25, 0.3) is 0 Å². The first-order valence-corrected chi connectivity index (χ1v) is 6.95. The summed E-state index contributed by atoms with van der Waals surface area (Å²) in [5.41, 5.74) is 0.918. The predicted molar refractivity (Wildman–Crippen MR) is 82.9 cm³/mol. The molecule has 2 aromatic rings. The number of benzene rings is 2. The van der Waals surface area contributed by atoms with Crippen molar-refractivity contribution in [2.24, 2.45) is 0 Å². The van der Waals surface area contributed by atoms with Crippen molar-refractivity contribution in [1.29, 1.82) is 0 Å². The van der Waals surface area contributed by atoms with Crippen molar-refractivity contribution in [1.82, 2.24) is 0 Å². The molecule has 4 nitrogen and oxygen atoms in total. The van der Waals surface area contributed by atoms with Gasteiger partial charge in [-0.2, -0.15) is 0 Å². The van der Waals surface area contributed by atoms with Crippen LogP contribution in [0.3, 0.4) is 0 Å². The van der Waals surface area contributed by atoms with E-state index in [4.69, 9.17) is 9.84 Å². The van der Waals surface area contributed by atoms with Gasteiger partial charge in [-0.1, -0.05) is 24.3 Å². The Morgan fingerprint density at radius 1 is 1.14 bits per heavy atom. The van der Waals surface area contributed by atoms with Gasteiger partial charge in [0, 0.05) is 24.2 Å². The summed E-state index contributed by atoms with van der Waals surface area (Å²) < 4.78 is 5.76. The fourth-order valence-corrected chi connectivity index (χ4v) is 1.97. The van der Waals surface area contributed by atoms with Crippen molar-refractivity contribution in [3.8, 4) is 11.5 Å². The van der Waals surface area contributed by atoms with Gasteiger partial charge in [-0.05, 0) is 37.6 Å². The fourth-order valence-electron chi connectivity index (χ4n) is 1.97. The van der Waals surface area contributed by atoms with Gasteiger partial charge >= 0.3 is 5.97 Å². The van der Waals surface area contributed by atoms with Crippen molar-refractivity contribution in [2.75, 3.05) is 5.32 Å². The number of aliphatic carboxylic acids is 1. The van der Waals surface area contributed by atoms with Crippen LogP contribution in [0.4, 0.5) is 5.69 Å². The number of hydrogen-bond acceptors (Lipinski definition) is 3. The summed E-state index contributed by atoms with van der Waals surface area (Å²) in [6.45, 7) is 1.97.